The van der Waals surface area contributed by atoms with Crippen LogP contribution in [0.3, 0.4) is 0 Å². The van der Waals surface area contributed by atoms with Crippen molar-refractivity contribution in [2.24, 2.45) is 0 Å². The Labute approximate surface area is 333 Å². The number of nitrogens with zero attached hydrogens (tertiary/aromatic N) is 5. The van der Waals surface area contributed by atoms with E-state index in [0.29, 0.717) is 29.5 Å². The van der Waals surface area contributed by atoms with Gasteiger partial charge >= 0.3 is 17.1 Å². The Morgan fingerprint density at radius 3 is 1.61 bits per heavy atom. The topological polar surface area (TPSA) is 46.4 Å². The first-order chi connectivity index (χ1) is 25.4. The largest absolute Gasteiger partial charge is 2.00 e. The van der Waals surface area contributed by atoms with Gasteiger partial charge in [0.2, 0.25) is 0 Å². The van der Waals surface area contributed by atoms with Crippen LogP contribution in [0.15, 0.2) is 110 Å². The van der Waals surface area contributed by atoms with Crippen molar-refractivity contribution in [1.29, 1.82) is 0 Å². The van der Waals surface area contributed by atoms with Crippen molar-refractivity contribution in [3.05, 3.63) is 150 Å². The zero-order chi connectivity index (χ0) is 37.6. The molecule has 0 atom stereocenters. The van der Waals surface area contributed by atoms with E-state index in [9.17, 15) is 0 Å². The summed E-state index contributed by atoms with van der Waals surface area (Å²) in [5.41, 5.74) is 16.2. The van der Waals surface area contributed by atoms with Crippen LogP contribution >= 0.6 is 0 Å². The molecule has 54 heavy (non-hydrogen) atoms. The summed E-state index contributed by atoms with van der Waals surface area (Å²) >= 11 is 0. The summed E-state index contributed by atoms with van der Waals surface area (Å²) in [5, 5.41) is 0. The zero-order valence-electron chi connectivity index (χ0n) is 33.3. The van der Waals surface area contributed by atoms with Gasteiger partial charge < -0.3 is 19.8 Å². The molecule has 0 saturated heterocycles. The molecule has 3 heterocycles. The van der Waals surface area contributed by atoms with Crippen LogP contribution in [0.2, 0.25) is 0 Å². The van der Waals surface area contributed by atoms with Gasteiger partial charge in [0.1, 0.15) is 0 Å². The Balaban J connectivity index is 0.000000183. The maximum atomic E-state index is 4.72. The minimum absolute atomic E-state index is 0. The van der Waals surface area contributed by atoms with Crippen molar-refractivity contribution in [3.63, 3.8) is 0 Å². The molecule has 0 fully saturated rings. The Bertz CT molecular complexity index is 2150. The summed E-state index contributed by atoms with van der Waals surface area (Å²) in [6.45, 7) is 25.1. The molecular formula is C48H53CuN5. The van der Waals surface area contributed by atoms with Crippen LogP contribution in [-0.4, -0.2) is 9.97 Å². The van der Waals surface area contributed by atoms with Crippen molar-refractivity contribution in [2.75, 3.05) is 9.80 Å². The van der Waals surface area contributed by atoms with Gasteiger partial charge in [0, 0.05) is 23.0 Å². The second kappa shape index (κ2) is 15.6. The monoisotopic (exact) mass is 762 g/mol. The van der Waals surface area contributed by atoms with Crippen LogP contribution in [0, 0.1) is 6.67 Å². The fourth-order valence-electron chi connectivity index (χ4n) is 8.01. The Hall–Kier alpha value is -4.64. The summed E-state index contributed by atoms with van der Waals surface area (Å²) in [6, 6.07) is 32.3. The second-order valence-corrected chi connectivity index (χ2v) is 16.2. The van der Waals surface area contributed by atoms with E-state index >= 15 is 0 Å². The third-order valence-electron chi connectivity index (χ3n) is 10.9. The molecule has 281 valence electrons. The van der Waals surface area contributed by atoms with Gasteiger partial charge in [-0.25, -0.2) is 0 Å². The van der Waals surface area contributed by atoms with E-state index in [-0.39, 0.29) is 22.5 Å². The normalized spacial score (nSPS) is 14.2. The standard InChI is InChI=1S/C27H37N2.C21H16N3.Cu/c1-18(2)22-11-9-12-23(19(3)4)26(22)28-15-16-29(17-28)27-24(20(5)6)13-10-14-25(27)21(7)8;1-21(2)15-8-4-3-7-13(15)14-11-18-19(12-16(14)21)24-20(23-18)17-9-5-6-10-22-17;/h9-21H,1-8H3;3-12H,1-2H3;/q2*-1;+2. The van der Waals surface area contributed by atoms with Crippen molar-refractivity contribution < 1.29 is 17.1 Å². The van der Waals surface area contributed by atoms with E-state index in [2.05, 4.69) is 176 Å². The van der Waals surface area contributed by atoms with Crippen LogP contribution < -0.4 is 14.8 Å². The molecular weight excluding hydrogens is 710 g/mol. The molecule has 0 bridgehead atoms. The van der Waals surface area contributed by atoms with E-state index in [1.54, 1.807) is 6.20 Å². The maximum Gasteiger partial charge on any atom is 2.00 e. The van der Waals surface area contributed by atoms with Gasteiger partial charge in [0.25, 0.3) is 0 Å². The number of aromatic nitrogens is 3. The van der Waals surface area contributed by atoms with Gasteiger partial charge in [-0.15, -0.1) is 6.67 Å². The molecule has 1 aliphatic carbocycles. The van der Waals surface area contributed by atoms with Crippen LogP contribution in [0.4, 0.5) is 11.4 Å². The maximum absolute atomic E-state index is 4.72. The molecule has 0 amide bonds. The van der Waals surface area contributed by atoms with Gasteiger partial charge in [-0.1, -0.05) is 148 Å². The smallest absolute Gasteiger partial charge is 0.479 e. The molecule has 6 aromatic rings. The van der Waals surface area contributed by atoms with E-state index < -0.39 is 0 Å². The van der Waals surface area contributed by atoms with Gasteiger partial charge in [0.15, 0.2) is 0 Å². The third-order valence-corrected chi connectivity index (χ3v) is 10.9. The number of fused-ring (bicyclic) bond motifs is 4. The number of hydrogen-bond donors (Lipinski definition) is 0. The molecule has 1 radical (unpaired) electrons. The number of anilines is 2. The van der Waals surface area contributed by atoms with E-state index in [4.69, 9.17) is 9.97 Å². The fourth-order valence-corrected chi connectivity index (χ4v) is 8.01. The Morgan fingerprint density at radius 1 is 0.593 bits per heavy atom. The van der Waals surface area contributed by atoms with Crippen LogP contribution in [0.5, 0.6) is 0 Å². The summed E-state index contributed by atoms with van der Waals surface area (Å²) < 4.78 is 0. The molecule has 4 aromatic carbocycles. The number of rotatable bonds is 7. The predicted octanol–water partition coefficient (Wildman–Crippen LogP) is 12.7. The second-order valence-electron chi connectivity index (χ2n) is 16.2. The summed E-state index contributed by atoms with van der Waals surface area (Å²) in [4.78, 5) is 18.4. The first kappa shape index (κ1) is 39.1. The first-order valence-electron chi connectivity index (χ1n) is 19.2. The molecule has 0 saturated carbocycles. The minimum atomic E-state index is -0.00970. The van der Waals surface area contributed by atoms with Crippen LogP contribution in [-0.2, 0) is 22.5 Å². The van der Waals surface area contributed by atoms with Gasteiger partial charge in [-0.05, 0) is 110 Å². The van der Waals surface area contributed by atoms with Gasteiger partial charge in [-0.2, -0.15) is 0 Å². The molecule has 5 nitrogen and oxygen atoms in total. The average molecular weight is 764 g/mol. The molecule has 6 heteroatoms. The number of hydrogen-bond acceptors (Lipinski definition) is 4. The van der Waals surface area contributed by atoms with Gasteiger partial charge in [0.05, 0.1) is 5.69 Å². The summed E-state index contributed by atoms with van der Waals surface area (Å²) in [6.07, 6.45) is 6.21. The van der Waals surface area contributed by atoms with Crippen molar-refractivity contribution >= 4 is 22.4 Å². The Kier molecular flexibility index (Phi) is 11.3. The SMILES string of the molecule is CC(C)c1cccc(C(C)C)c1N1C=CN(c2c(C(C)C)cccc2C(C)C)[CH-]1.CC1(C)c2ccccc2-c2cc3nc(-c4ccccn4)[n-]c3cc21.[Cu+2]. The van der Waals surface area contributed by atoms with Gasteiger partial charge in [-0.3, -0.25) is 4.98 Å². The molecule has 8 rings (SSSR count). The molecule has 2 aromatic heterocycles. The van der Waals surface area contributed by atoms with E-state index in [1.807, 2.05) is 18.2 Å². The summed E-state index contributed by atoms with van der Waals surface area (Å²) in [5.74, 6) is 2.62. The Morgan fingerprint density at radius 2 is 1.11 bits per heavy atom. The molecule has 2 aliphatic rings. The fraction of sp³-hybridized carbons (Fsp3) is 0.312. The zero-order valence-corrected chi connectivity index (χ0v) is 34.3. The van der Waals surface area contributed by atoms with E-state index in [1.165, 1.54) is 55.9 Å². The molecule has 0 spiro atoms. The van der Waals surface area contributed by atoms with Crippen molar-refractivity contribution in [2.45, 2.75) is 98.3 Å². The minimum Gasteiger partial charge on any atom is -0.479 e. The molecule has 1 aliphatic heterocycles. The van der Waals surface area contributed by atoms with Crippen molar-refractivity contribution in [3.8, 4) is 22.6 Å². The molecule has 0 N–H and O–H groups in total. The quantitative estimate of drug-likeness (QED) is 0.120. The van der Waals surface area contributed by atoms with Crippen LogP contribution in [0.25, 0.3) is 33.7 Å². The summed E-state index contributed by atoms with van der Waals surface area (Å²) in [7, 11) is 0. The number of para-hydroxylation sites is 2. The van der Waals surface area contributed by atoms with E-state index in [0.717, 1.165) is 16.7 Å². The average Bonchev–Trinajstić information content (AvgIpc) is 3.86. The predicted molar refractivity (Wildman–Crippen MR) is 223 cm³/mol. The first-order valence-corrected chi connectivity index (χ1v) is 19.2. The third kappa shape index (κ3) is 7.14. The van der Waals surface area contributed by atoms with Crippen LogP contribution in [0.1, 0.15) is 126 Å². The number of benzene rings is 4. The molecule has 0 unspecified atom stereocenters. The number of imidazole rings is 1. The van der Waals surface area contributed by atoms with Crippen molar-refractivity contribution in [1.82, 2.24) is 15.0 Å². The number of pyridine rings is 1.